The molecule has 0 aliphatic rings. The normalized spacial score (nSPS) is 8.57. The summed E-state index contributed by atoms with van der Waals surface area (Å²) < 4.78 is 0. The molecule has 0 fully saturated rings. The quantitative estimate of drug-likeness (QED) is 0.684. The molecule has 0 bridgehead atoms. The first-order chi connectivity index (χ1) is 2.81. The molecule has 0 amide bonds. The molecule has 0 N–H and O–H groups in total. The molecular weight excluding hydrogens is 310 g/mol. The van der Waals surface area contributed by atoms with Gasteiger partial charge >= 0.3 is 31.1 Å². The Kier molecular flexibility index (Phi) is 11.0. The van der Waals surface area contributed by atoms with Gasteiger partial charge in [-0.15, -0.1) is 0 Å². The number of rotatable bonds is 2. The molecule has 7 heavy (non-hydrogen) atoms. The van der Waals surface area contributed by atoms with Gasteiger partial charge < -0.3 is 6.92 Å². The Bertz CT molecular complexity index is 23.4. The summed E-state index contributed by atoms with van der Waals surface area (Å²) in [6, 6.07) is 0. The van der Waals surface area contributed by atoms with Crippen LogP contribution < -0.4 is 0 Å². The van der Waals surface area contributed by atoms with Gasteiger partial charge in [0.1, 0.15) is 0 Å². The average Bonchev–Trinajstić information content (AvgIpc) is 1.65. The van der Waals surface area contributed by atoms with Gasteiger partial charge in [0.2, 0.25) is 0 Å². The summed E-state index contributed by atoms with van der Waals surface area (Å²) in [4.78, 5) is 0. The maximum Gasteiger partial charge on any atom is 2.00 e. The summed E-state index contributed by atoms with van der Waals surface area (Å²) in [6.07, 6.45) is 2.44. The van der Waals surface area contributed by atoms with E-state index >= 15 is 0 Å². The Balaban J connectivity index is 0. The van der Waals surface area contributed by atoms with Crippen LogP contribution in [0.25, 0.3) is 0 Å². The number of hydrogen-bond acceptors (Lipinski definition) is 0. The summed E-state index contributed by atoms with van der Waals surface area (Å²) in [5, 5.41) is 0. The molecule has 40 valence electrons. The molecule has 0 saturated carbocycles. The van der Waals surface area contributed by atoms with Crippen molar-refractivity contribution in [2.75, 3.05) is 0 Å². The maximum absolute atomic E-state index is 3.88. The molecule has 0 heterocycles. The molecule has 0 aromatic carbocycles. The summed E-state index contributed by atoms with van der Waals surface area (Å²) >= 11 is 0. The summed E-state index contributed by atoms with van der Waals surface area (Å²) in [7, 11) is 0. The zero-order chi connectivity index (χ0) is 4.99. The molecule has 0 unspecified atom stereocenters. The molecule has 0 saturated heterocycles. The zero-order valence-corrected chi connectivity index (χ0v) is 9.36. The second kappa shape index (κ2) is 7.05. The first kappa shape index (κ1) is 10.9. The van der Waals surface area contributed by atoms with Crippen LogP contribution in [-0.4, -0.2) is 0 Å². The Morgan fingerprint density at radius 1 is 1.29 bits per heavy atom. The van der Waals surface area contributed by atoms with Crippen LogP contribution in [0, 0.1) is 44.0 Å². The monoisotopic (exact) mass is 323 g/mol. The van der Waals surface area contributed by atoms with Crippen molar-refractivity contribution in [3.05, 3.63) is 6.92 Å². The third-order valence-electron chi connectivity index (χ3n) is 1.15. The van der Waals surface area contributed by atoms with E-state index in [0.29, 0.717) is 5.92 Å². The molecule has 1 heteroatoms. The molecule has 0 aliphatic carbocycles. The summed E-state index contributed by atoms with van der Waals surface area (Å²) in [6.45, 7) is 8.21. The summed E-state index contributed by atoms with van der Waals surface area (Å²) in [5.74, 6) is 0.685. The average molecular weight is 323 g/mol. The van der Waals surface area contributed by atoms with Gasteiger partial charge in [-0.3, -0.25) is 0 Å². The fourth-order valence-corrected chi connectivity index (χ4v) is 0.289. The van der Waals surface area contributed by atoms with Crippen molar-refractivity contribution in [2.24, 2.45) is 5.92 Å². The smallest absolute Gasteiger partial charge is 0.340 e. The molecule has 0 radical (unpaired) electrons. The van der Waals surface area contributed by atoms with Crippen LogP contribution in [0.3, 0.4) is 0 Å². The fourth-order valence-electron chi connectivity index (χ4n) is 0.289. The predicted molar refractivity (Wildman–Crippen MR) is 29.4 cm³/mol. The van der Waals surface area contributed by atoms with E-state index in [1.165, 1.54) is 12.8 Å². The van der Waals surface area contributed by atoms with E-state index in [9.17, 15) is 0 Å². The van der Waals surface area contributed by atoms with Crippen molar-refractivity contribution in [3.63, 3.8) is 0 Å². The Hall–Kier alpha value is 1.05. The summed E-state index contributed by atoms with van der Waals surface area (Å²) in [5.41, 5.74) is 0. The Morgan fingerprint density at radius 3 is 1.57 bits per heavy atom. The number of hydrogen-bond donors (Lipinski definition) is 0. The molecule has 0 rings (SSSR count). The van der Waals surface area contributed by atoms with E-state index in [0.717, 1.165) is 0 Å². The standard InChI is InChI=1S/C6H13.U/c1-4-6(3)5-2;/h6H,3-5H2,1-2H3;/q-1;+2. The van der Waals surface area contributed by atoms with Crippen LogP contribution in [0.4, 0.5) is 0 Å². The van der Waals surface area contributed by atoms with E-state index in [-0.39, 0.29) is 31.1 Å². The second-order valence-electron chi connectivity index (χ2n) is 1.68. The van der Waals surface area contributed by atoms with Crippen LogP contribution >= 0.6 is 0 Å². The molecule has 0 aromatic heterocycles. The van der Waals surface area contributed by atoms with Crippen LogP contribution in [0.5, 0.6) is 0 Å². The van der Waals surface area contributed by atoms with Gasteiger partial charge in [-0.25, -0.2) is 0 Å². The third kappa shape index (κ3) is 7.05. The van der Waals surface area contributed by atoms with Gasteiger partial charge in [-0.05, 0) is 0 Å². The van der Waals surface area contributed by atoms with Gasteiger partial charge in [0.25, 0.3) is 0 Å². The van der Waals surface area contributed by atoms with Crippen LogP contribution in [0.1, 0.15) is 26.7 Å². The van der Waals surface area contributed by atoms with Crippen molar-refractivity contribution >= 4 is 0 Å². The van der Waals surface area contributed by atoms with Crippen molar-refractivity contribution in [3.8, 4) is 0 Å². The SMILES string of the molecule is [CH2-]C(CC)CC.[U+2]. The first-order valence-corrected chi connectivity index (χ1v) is 2.64. The molecular formula is C6H13U+. The topological polar surface area (TPSA) is 0 Å². The van der Waals surface area contributed by atoms with Gasteiger partial charge in [0.05, 0.1) is 0 Å². The Labute approximate surface area is 70.4 Å². The van der Waals surface area contributed by atoms with E-state index in [4.69, 9.17) is 0 Å². The van der Waals surface area contributed by atoms with Crippen molar-refractivity contribution in [2.45, 2.75) is 26.7 Å². The largest absolute Gasteiger partial charge is 2.00 e. The second-order valence-corrected chi connectivity index (χ2v) is 1.68. The third-order valence-corrected chi connectivity index (χ3v) is 1.15. The van der Waals surface area contributed by atoms with E-state index in [2.05, 4.69) is 20.8 Å². The van der Waals surface area contributed by atoms with Crippen molar-refractivity contribution < 1.29 is 31.1 Å². The fraction of sp³-hybridized carbons (Fsp3) is 0.833. The van der Waals surface area contributed by atoms with Crippen molar-refractivity contribution in [1.82, 2.24) is 0 Å². The van der Waals surface area contributed by atoms with Gasteiger partial charge in [0, 0.05) is 0 Å². The van der Waals surface area contributed by atoms with Crippen LogP contribution in [0.2, 0.25) is 0 Å². The predicted octanol–water partition coefficient (Wildman–Crippen LogP) is 2.26. The van der Waals surface area contributed by atoms with Crippen molar-refractivity contribution in [1.29, 1.82) is 0 Å². The maximum atomic E-state index is 3.88. The molecule has 0 aliphatic heterocycles. The van der Waals surface area contributed by atoms with Gasteiger partial charge in [-0.2, -0.15) is 5.92 Å². The zero-order valence-electron chi connectivity index (χ0n) is 5.20. The molecule has 0 nitrogen and oxygen atoms in total. The van der Waals surface area contributed by atoms with E-state index < -0.39 is 0 Å². The first-order valence-electron chi connectivity index (χ1n) is 2.64. The minimum atomic E-state index is 0. The Morgan fingerprint density at radius 2 is 1.57 bits per heavy atom. The van der Waals surface area contributed by atoms with Crippen LogP contribution in [0.15, 0.2) is 0 Å². The van der Waals surface area contributed by atoms with Gasteiger partial charge in [-0.1, -0.05) is 26.7 Å². The van der Waals surface area contributed by atoms with Crippen LogP contribution in [-0.2, 0) is 0 Å². The molecule has 0 atom stereocenters. The molecule has 0 spiro atoms. The minimum absolute atomic E-state index is 0. The minimum Gasteiger partial charge on any atom is -0.340 e. The van der Waals surface area contributed by atoms with E-state index in [1.807, 2.05) is 0 Å². The van der Waals surface area contributed by atoms with E-state index in [1.54, 1.807) is 0 Å². The molecule has 0 aromatic rings. The van der Waals surface area contributed by atoms with Gasteiger partial charge in [0.15, 0.2) is 0 Å².